The summed E-state index contributed by atoms with van der Waals surface area (Å²) in [6.07, 6.45) is 1.88. The highest BCUT2D eigenvalue weighted by Crippen LogP contribution is 2.30. The van der Waals surface area contributed by atoms with E-state index >= 15 is 0 Å². The second-order valence-electron chi connectivity index (χ2n) is 4.11. The molecule has 19 heavy (non-hydrogen) atoms. The summed E-state index contributed by atoms with van der Waals surface area (Å²) in [5.74, 6) is -0.218. The van der Waals surface area contributed by atoms with Crippen molar-refractivity contribution in [2.75, 3.05) is 26.2 Å². The molecule has 1 saturated heterocycles. The van der Waals surface area contributed by atoms with Crippen molar-refractivity contribution in [1.82, 2.24) is 10.2 Å². The summed E-state index contributed by atoms with van der Waals surface area (Å²) >= 11 is 3.32. The van der Waals surface area contributed by atoms with Gasteiger partial charge in [0, 0.05) is 26.2 Å². The van der Waals surface area contributed by atoms with Crippen LogP contribution in [0.4, 0.5) is 4.39 Å². The molecule has 0 aromatic heterocycles. The molecule has 0 radical (unpaired) electrons. The smallest absolute Gasteiger partial charge is 0.137 e. The van der Waals surface area contributed by atoms with Crippen molar-refractivity contribution in [3.05, 3.63) is 46.7 Å². The third-order valence-corrected chi connectivity index (χ3v) is 3.90. The minimum Gasteiger partial charge on any atom is -0.314 e. The van der Waals surface area contributed by atoms with Crippen LogP contribution in [-0.2, 0) is 0 Å². The van der Waals surface area contributed by atoms with Crippen molar-refractivity contribution >= 4 is 40.7 Å². The van der Waals surface area contributed by atoms with Crippen molar-refractivity contribution < 1.29 is 4.39 Å². The van der Waals surface area contributed by atoms with Crippen LogP contribution < -0.4 is 5.32 Å². The van der Waals surface area contributed by atoms with Gasteiger partial charge in [-0.05, 0) is 27.6 Å². The van der Waals surface area contributed by atoms with Crippen LogP contribution >= 0.6 is 40.7 Å². The minimum absolute atomic E-state index is 0. The van der Waals surface area contributed by atoms with Crippen molar-refractivity contribution in [3.63, 3.8) is 0 Å². The van der Waals surface area contributed by atoms with Crippen LogP contribution in [0.15, 0.2) is 35.3 Å². The highest BCUT2D eigenvalue weighted by atomic mass is 79.9. The summed E-state index contributed by atoms with van der Waals surface area (Å²) in [6.45, 7) is 7.73. The predicted molar refractivity (Wildman–Crippen MR) is 86.0 cm³/mol. The Morgan fingerprint density at radius 2 is 1.95 bits per heavy atom. The van der Waals surface area contributed by atoms with Gasteiger partial charge in [-0.15, -0.1) is 31.4 Å². The Labute approximate surface area is 134 Å². The molecule has 6 heteroatoms. The third-order valence-electron chi connectivity index (χ3n) is 3.07. The molecular formula is C13H18BrCl2FN2. The zero-order valence-electron chi connectivity index (χ0n) is 10.4. The van der Waals surface area contributed by atoms with E-state index in [4.69, 9.17) is 0 Å². The topological polar surface area (TPSA) is 15.3 Å². The van der Waals surface area contributed by atoms with E-state index < -0.39 is 0 Å². The predicted octanol–water partition coefficient (Wildman–Crippen LogP) is 3.56. The van der Waals surface area contributed by atoms with Gasteiger partial charge in [-0.3, -0.25) is 4.90 Å². The number of hydrogen-bond donors (Lipinski definition) is 1. The first-order valence-electron chi connectivity index (χ1n) is 5.75. The van der Waals surface area contributed by atoms with Crippen LogP contribution in [-0.4, -0.2) is 31.1 Å². The van der Waals surface area contributed by atoms with Crippen LogP contribution in [0.5, 0.6) is 0 Å². The van der Waals surface area contributed by atoms with Gasteiger partial charge in [0.15, 0.2) is 0 Å². The summed E-state index contributed by atoms with van der Waals surface area (Å²) in [7, 11) is 0. The second-order valence-corrected chi connectivity index (χ2v) is 4.90. The summed E-state index contributed by atoms with van der Waals surface area (Å²) < 4.78 is 14.1. The standard InChI is InChI=1S/C13H16BrFN2.2ClH/c1-2-12(17-8-6-16-7-9-17)10-4-3-5-11(15)13(10)14;;/h2-5,12,16H,1,6-9H2;2*1H/t12-;;/m1../s1. The van der Waals surface area contributed by atoms with Gasteiger partial charge >= 0.3 is 0 Å². The molecule has 108 valence electrons. The van der Waals surface area contributed by atoms with Gasteiger partial charge in [0.05, 0.1) is 10.5 Å². The molecule has 1 fully saturated rings. The fourth-order valence-corrected chi connectivity index (χ4v) is 2.68. The van der Waals surface area contributed by atoms with E-state index in [1.165, 1.54) is 6.07 Å². The summed E-state index contributed by atoms with van der Waals surface area (Å²) in [5.41, 5.74) is 0.946. The Bertz CT molecular complexity index is 412. The van der Waals surface area contributed by atoms with Gasteiger partial charge in [0.2, 0.25) is 0 Å². The zero-order valence-corrected chi connectivity index (χ0v) is 13.7. The lowest BCUT2D eigenvalue weighted by Crippen LogP contribution is -2.44. The molecule has 0 aliphatic carbocycles. The Morgan fingerprint density at radius 3 is 2.53 bits per heavy atom. The molecule has 0 amide bonds. The quantitative estimate of drug-likeness (QED) is 0.817. The maximum atomic E-state index is 13.5. The van der Waals surface area contributed by atoms with Crippen molar-refractivity contribution in [1.29, 1.82) is 0 Å². The van der Waals surface area contributed by atoms with Gasteiger partial charge < -0.3 is 5.32 Å². The first kappa shape index (κ1) is 18.9. The van der Waals surface area contributed by atoms with Crippen LogP contribution in [0.25, 0.3) is 0 Å². The monoisotopic (exact) mass is 370 g/mol. The molecule has 1 aliphatic heterocycles. The average molecular weight is 372 g/mol. The summed E-state index contributed by atoms with van der Waals surface area (Å²) in [5, 5.41) is 3.31. The van der Waals surface area contributed by atoms with Crippen LogP contribution in [0.3, 0.4) is 0 Å². The Morgan fingerprint density at radius 1 is 1.32 bits per heavy atom. The molecule has 0 unspecified atom stereocenters. The van der Waals surface area contributed by atoms with Gasteiger partial charge in [-0.1, -0.05) is 18.2 Å². The van der Waals surface area contributed by atoms with Gasteiger partial charge in [-0.25, -0.2) is 4.39 Å². The highest BCUT2D eigenvalue weighted by Gasteiger charge is 2.22. The molecule has 1 atom stereocenters. The third kappa shape index (κ3) is 4.43. The fraction of sp³-hybridized carbons (Fsp3) is 0.385. The van der Waals surface area contributed by atoms with E-state index in [0.717, 1.165) is 31.7 Å². The van der Waals surface area contributed by atoms with Crippen molar-refractivity contribution in [2.24, 2.45) is 0 Å². The highest BCUT2D eigenvalue weighted by molar-refractivity contribution is 9.10. The van der Waals surface area contributed by atoms with E-state index in [0.29, 0.717) is 4.47 Å². The van der Waals surface area contributed by atoms with Crippen LogP contribution in [0.2, 0.25) is 0 Å². The van der Waals surface area contributed by atoms with Gasteiger partial charge in [0.1, 0.15) is 5.82 Å². The molecule has 1 aromatic rings. The number of piperazine rings is 1. The fourth-order valence-electron chi connectivity index (χ4n) is 2.18. The Hall–Kier alpha value is -0.130. The van der Waals surface area contributed by atoms with Gasteiger partial charge in [-0.2, -0.15) is 0 Å². The molecule has 2 nitrogen and oxygen atoms in total. The number of rotatable bonds is 3. The molecule has 1 N–H and O–H groups in total. The summed E-state index contributed by atoms with van der Waals surface area (Å²) in [6, 6.07) is 5.23. The molecule has 1 aliphatic rings. The number of nitrogens with one attached hydrogen (secondary N) is 1. The average Bonchev–Trinajstić information content (AvgIpc) is 2.37. The maximum Gasteiger partial charge on any atom is 0.137 e. The molecule has 1 heterocycles. The lowest BCUT2D eigenvalue weighted by Gasteiger charge is -2.33. The number of benzene rings is 1. The largest absolute Gasteiger partial charge is 0.314 e. The Balaban J connectivity index is 0.00000162. The van der Waals surface area contributed by atoms with E-state index in [1.54, 1.807) is 6.07 Å². The lowest BCUT2D eigenvalue weighted by molar-refractivity contribution is 0.203. The van der Waals surface area contributed by atoms with E-state index in [1.807, 2.05) is 12.1 Å². The molecule has 1 aromatic carbocycles. The molecule has 0 saturated carbocycles. The Kier molecular flexibility index (Phi) is 8.86. The van der Waals surface area contributed by atoms with E-state index in [9.17, 15) is 4.39 Å². The van der Waals surface area contributed by atoms with E-state index in [-0.39, 0.29) is 36.7 Å². The second kappa shape index (κ2) is 8.93. The SMILES string of the molecule is C=C[C@H](c1cccc(F)c1Br)N1CCNCC1.Cl.Cl. The minimum atomic E-state index is -0.218. The van der Waals surface area contributed by atoms with Crippen molar-refractivity contribution in [3.8, 4) is 0 Å². The van der Waals surface area contributed by atoms with E-state index in [2.05, 4.69) is 32.7 Å². The molecule has 2 rings (SSSR count). The summed E-state index contributed by atoms with van der Waals surface area (Å²) in [4.78, 5) is 2.31. The maximum absolute atomic E-state index is 13.5. The van der Waals surface area contributed by atoms with Crippen LogP contribution in [0.1, 0.15) is 11.6 Å². The number of hydrogen-bond acceptors (Lipinski definition) is 2. The first-order chi connectivity index (χ1) is 8.24. The zero-order chi connectivity index (χ0) is 12.3. The normalized spacial score (nSPS) is 16.9. The number of nitrogens with zero attached hydrogens (tertiary/aromatic N) is 1. The lowest BCUT2D eigenvalue weighted by atomic mass is 10.0. The molecular weight excluding hydrogens is 354 g/mol. The molecule has 0 bridgehead atoms. The van der Waals surface area contributed by atoms with Gasteiger partial charge in [0.25, 0.3) is 0 Å². The molecule has 0 spiro atoms. The van der Waals surface area contributed by atoms with Crippen molar-refractivity contribution in [2.45, 2.75) is 6.04 Å². The van der Waals surface area contributed by atoms with Crippen LogP contribution in [0, 0.1) is 5.82 Å². The number of halogens is 4. The first-order valence-corrected chi connectivity index (χ1v) is 6.54.